The van der Waals surface area contributed by atoms with Crippen molar-refractivity contribution in [1.29, 1.82) is 0 Å². The smallest absolute Gasteiger partial charge is 0.420 e. The number of fused-ring (bicyclic) bond motifs is 1. The third-order valence-corrected chi connectivity index (χ3v) is 30.9. The molecule has 506 valence electrons. The molecule has 0 aliphatic heterocycles. The minimum absolute atomic E-state index is 0.00770. The Bertz CT molecular complexity index is 2860. The zero-order valence-corrected chi connectivity index (χ0v) is 62.6. The first-order valence-electron chi connectivity index (χ1n) is 31.3. The van der Waals surface area contributed by atoms with E-state index in [1.165, 1.54) is 7.11 Å². The van der Waals surface area contributed by atoms with Gasteiger partial charge in [0.1, 0.15) is 35.4 Å². The number of amides is 2. The van der Waals surface area contributed by atoms with Gasteiger partial charge in [0.15, 0.2) is 61.1 Å². The Hall–Kier alpha value is -4.47. The van der Waals surface area contributed by atoms with Gasteiger partial charge in [-0.2, -0.15) is 0 Å². The van der Waals surface area contributed by atoms with Crippen molar-refractivity contribution in [3.8, 4) is 40.9 Å². The molecule has 2 amide bonds. The van der Waals surface area contributed by atoms with Crippen LogP contribution in [-0.2, 0) is 57.8 Å². The van der Waals surface area contributed by atoms with Crippen LogP contribution in [0, 0.1) is 29.1 Å². The van der Waals surface area contributed by atoms with E-state index in [9.17, 15) is 19.5 Å². The molecule has 2 aromatic rings. The Balaban J connectivity index is 2.24. The number of imide groups is 1. The van der Waals surface area contributed by atoms with Crippen LogP contribution in [0.5, 0.6) is 17.2 Å². The molecule has 0 saturated heterocycles. The lowest BCUT2D eigenvalue weighted by Crippen LogP contribution is -2.59. The summed E-state index contributed by atoms with van der Waals surface area (Å²) in [6, 6.07) is 11.5. The fourth-order valence-corrected chi connectivity index (χ4v) is 14.8. The molecule has 0 fully saturated rings. The van der Waals surface area contributed by atoms with Crippen molar-refractivity contribution in [1.82, 2.24) is 4.90 Å². The van der Waals surface area contributed by atoms with Crippen molar-refractivity contribution >= 4 is 54.7 Å². The van der Waals surface area contributed by atoms with E-state index in [1.807, 2.05) is 30.3 Å². The van der Waals surface area contributed by atoms with Crippen LogP contribution >= 0.6 is 11.6 Å². The summed E-state index contributed by atoms with van der Waals surface area (Å²) in [5.74, 6) is 14.0. The lowest BCUT2D eigenvalue weighted by atomic mass is 9.88. The van der Waals surface area contributed by atoms with Crippen molar-refractivity contribution in [3.05, 3.63) is 64.2 Å². The fourth-order valence-electron chi connectivity index (χ4n) is 9.37. The highest BCUT2D eigenvalue weighted by Crippen LogP contribution is 2.49. The summed E-state index contributed by atoms with van der Waals surface area (Å²) >= 11 is 7.62. The molecule has 18 nitrogen and oxygen atoms in total. The molecule has 2 aliphatic rings. The number of hydrogen-bond donors (Lipinski definition) is 1. The first kappa shape index (κ1) is 78.0. The minimum Gasteiger partial charge on any atom is -0.497 e. The quantitative estimate of drug-likeness (QED) is 0.0277. The molecule has 0 spiro atoms. The highest BCUT2D eigenvalue weighted by molar-refractivity contribution is 6.74. The molecule has 0 saturated carbocycles. The molecule has 0 unspecified atom stereocenters. The molecular formula is C68H108ClNO17Si3. The van der Waals surface area contributed by atoms with Crippen LogP contribution in [0.3, 0.4) is 0 Å². The molecule has 4 rings (SSSR count). The standard InChI is InChI=1S/C68H108ClNO17Si3/c1-26-90(27-2,28-3)87-68-42-51(80-45-75-19)41-49(68)35-37-67(74,57(44-82-88(22,23)65(13,14)15)79-43-47-29-31-50(77-21)32-30-47)55(86-89(24,25)66(16,17)18)33-34-56(68)83-58-52(69)39-48(40-54(58)81-46-76-20)53(36-38-78-59(71)62(4,5)6)70(60(72)84-63(7,8)9)61(73)85-64(10,11)12/h29-32,39-41,51,53,55-57,74H,26-28,36,38,42-46H2,1-25H3/t51-,53+,55-,56-,57+,67+,68-/m1/s1. The number of esters is 1. The number of rotatable bonds is 28. The highest BCUT2D eigenvalue weighted by Gasteiger charge is 2.57. The lowest BCUT2D eigenvalue weighted by molar-refractivity contribution is -0.153. The van der Waals surface area contributed by atoms with E-state index < -0.39 is 106 Å². The second kappa shape index (κ2) is 31.2. The van der Waals surface area contributed by atoms with E-state index in [1.54, 1.807) is 88.7 Å². The van der Waals surface area contributed by atoms with Crippen LogP contribution in [0.4, 0.5) is 9.59 Å². The van der Waals surface area contributed by atoms with Gasteiger partial charge in [-0.05, 0) is 158 Å². The topological polar surface area (TPSA) is 195 Å². The van der Waals surface area contributed by atoms with Gasteiger partial charge in [-0.25, -0.2) is 14.5 Å². The molecule has 7 atom stereocenters. The van der Waals surface area contributed by atoms with Crippen LogP contribution in [0.1, 0.15) is 155 Å². The normalized spacial score (nSPS) is 20.7. The molecule has 22 heteroatoms. The maximum absolute atomic E-state index is 14.5. The Morgan fingerprint density at radius 1 is 0.767 bits per heavy atom. The second-order valence-corrected chi connectivity index (χ2v) is 44.0. The van der Waals surface area contributed by atoms with Gasteiger partial charge < -0.3 is 65.8 Å². The molecule has 2 aromatic carbocycles. The van der Waals surface area contributed by atoms with Crippen LogP contribution < -0.4 is 14.2 Å². The Morgan fingerprint density at radius 2 is 1.32 bits per heavy atom. The van der Waals surface area contributed by atoms with E-state index in [-0.39, 0.29) is 73.4 Å². The summed E-state index contributed by atoms with van der Waals surface area (Å²) < 4.78 is 83.6. The van der Waals surface area contributed by atoms with Crippen molar-refractivity contribution < 1.29 is 80.1 Å². The number of ether oxygens (including phenoxy) is 10. The van der Waals surface area contributed by atoms with Crippen LogP contribution in [-0.4, -0.2) is 148 Å². The van der Waals surface area contributed by atoms with Crippen molar-refractivity contribution in [2.45, 2.75) is 251 Å². The van der Waals surface area contributed by atoms with Gasteiger partial charge in [0.2, 0.25) is 0 Å². The van der Waals surface area contributed by atoms with Gasteiger partial charge in [0.05, 0.1) is 49.5 Å². The Labute approximate surface area is 547 Å². The van der Waals surface area contributed by atoms with Gasteiger partial charge in [-0.1, -0.05) is 110 Å². The second-order valence-electron chi connectivity index (χ2n) is 29.4. The zero-order chi connectivity index (χ0) is 68.3. The number of nitrogens with zero attached hydrogens (tertiary/aromatic N) is 1. The third kappa shape index (κ3) is 20.5. The van der Waals surface area contributed by atoms with Gasteiger partial charge in [0.25, 0.3) is 0 Å². The first-order chi connectivity index (χ1) is 41.4. The van der Waals surface area contributed by atoms with Crippen molar-refractivity contribution in [2.75, 3.05) is 48.1 Å². The number of carbonyl (C=O) groups excluding carboxylic acids is 3. The number of aliphatic hydroxyl groups is 1. The number of halogens is 1. The number of benzene rings is 2. The summed E-state index contributed by atoms with van der Waals surface area (Å²) in [6.45, 7) is 42.1. The van der Waals surface area contributed by atoms with E-state index in [0.717, 1.165) is 10.5 Å². The predicted molar refractivity (Wildman–Crippen MR) is 358 cm³/mol. The summed E-state index contributed by atoms with van der Waals surface area (Å²) in [5, 5.41) is 13.5. The summed E-state index contributed by atoms with van der Waals surface area (Å²) in [7, 11) is -3.66. The molecule has 0 heterocycles. The SMILES string of the molecule is CC[Si](CC)(CC)O[C@]12C[C@H](OCOC)C=C1C#C[C@@](O)([C@H](CO[Si](C)(C)C(C)(C)C)OCc1ccc(OC)cc1)[C@H](O[Si](C)(C)C(C)(C)C)C#C[C@H]2Oc1c(Cl)cc([C@H](CCOC(=O)C(C)(C)C)N(C(=O)OC(C)(C)C)C(=O)OC(C)(C)C)cc1OCOC. The van der Waals surface area contributed by atoms with Gasteiger partial charge in [0, 0.05) is 32.6 Å². The molecule has 2 aliphatic carbocycles. The highest BCUT2D eigenvalue weighted by atomic mass is 35.5. The van der Waals surface area contributed by atoms with Crippen LogP contribution in [0.25, 0.3) is 0 Å². The van der Waals surface area contributed by atoms with Gasteiger partial charge in [-0.3, -0.25) is 4.79 Å². The van der Waals surface area contributed by atoms with Crippen LogP contribution in [0.2, 0.25) is 59.4 Å². The zero-order valence-electron chi connectivity index (χ0n) is 58.8. The van der Waals surface area contributed by atoms with E-state index in [4.69, 9.17) is 72.2 Å². The minimum atomic E-state index is -2.92. The maximum atomic E-state index is 14.5. The summed E-state index contributed by atoms with van der Waals surface area (Å²) in [4.78, 5) is 43.2. The molecule has 90 heavy (non-hydrogen) atoms. The van der Waals surface area contributed by atoms with E-state index in [0.29, 0.717) is 29.5 Å². The van der Waals surface area contributed by atoms with Gasteiger partial charge >= 0.3 is 18.2 Å². The molecule has 0 bridgehead atoms. The fraction of sp³-hybridized carbons (Fsp3) is 0.691. The third-order valence-electron chi connectivity index (χ3n) is 17.0. The molecule has 1 N–H and O–H groups in total. The van der Waals surface area contributed by atoms with E-state index >= 15 is 0 Å². The number of methoxy groups -OCH3 is 3. The van der Waals surface area contributed by atoms with Crippen LogP contribution in [0.15, 0.2) is 48.0 Å². The first-order valence-corrected chi connectivity index (χ1v) is 40.0. The molecular weight excluding hydrogens is 1220 g/mol. The van der Waals surface area contributed by atoms with Crippen molar-refractivity contribution in [3.63, 3.8) is 0 Å². The average molecular weight is 1330 g/mol. The Kier molecular flexibility index (Phi) is 27.0. The average Bonchev–Trinajstić information content (AvgIpc) is 1.53. The summed E-state index contributed by atoms with van der Waals surface area (Å²) in [5.41, 5.74) is -5.28. The maximum Gasteiger partial charge on any atom is 0.420 e. The molecule has 0 radical (unpaired) electrons. The monoisotopic (exact) mass is 1330 g/mol. The van der Waals surface area contributed by atoms with Gasteiger partial charge in [-0.15, -0.1) is 0 Å². The molecule has 0 aromatic heterocycles. The number of carbonyl (C=O) groups is 3. The Morgan fingerprint density at radius 3 is 1.82 bits per heavy atom. The predicted octanol–water partition coefficient (Wildman–Crippen LogP) is 15.1. The van der Waals surface area contributed by atoms with E-state index in [2.05, 4.69) is 112 Å². The van der Waals surface area contributed by atoms with Crippen molar-refractivity contribution in [2.24, 2.45) is 5.41 Å². The summed E-state index contributed by atoms with van der Waals surface area (Å²) in [6.07, 6.45) is -4.73. The number of hydrogen-bond acceptors (Lipinski definition) is 17. The largest absolute Gasteiger partial charge is 0.497 e. The lowest BCUT2D eigenvalue weighted by Gasteiger charge is -2.44.